The van der Waals surface area contributed by atoms with E-state index in [-0.39, 0.29) is 18.2 Å². The predicted octanol–water partition coefficient (Wildman–Crippen LogP) is 5.31. The van der Waals surface area contributed by atoms with Crippen LogP contribution >= 0.6 is 11.6 Å². The molecule has 5 rings (SSSR count). The molecule has 7 nitrogen and oxygen atoms in total. The summed E-state index contributed by atoms with van der Waals surface area (Å²) in [6.45, 7) is 0. The fourth-order valence-electron chi connectivity index (χ4n) is 3.81. The van der Waals surface area contributed by atoms with Crippen LogP contribution in [0.1, 0.15) is 15.9 Å². The van der Waals surface area contributed by atoms with Crippen LogP contribution in [0.2, 0.25) is 5.02 Å². The van der Waals surface area contributed by atoms with Gasteiger partial charge in [-0.05, 0) is 54.6 Å². The molecule has 34 heavy (non-hydrogen) atoms. The highest BCUT2D eigenvalue weighted by Gasteiger charge is 2.21. The molecule has 8 heteroatoms. The highest BCUT2D eigenvalue weighted by molar-refractivity contribution is 6.31. The van der Waals surface area contributed by atoms with Crippen LogP contribution in [0, 0.1) is 0 Å². The summed E-state index contributed by atoms with van der Waals surface area (Å²) in [5.41, 5.74) is 4.91. The minimum atomic E-state index is -0.146. The van der Waals surface area contributed by atoms with Gasteiger partial charge in [-0.3, -0.25) is 9.59 Å². The van der Waals surface area contributed by atoms with Crippen molar-refractivity contribution < 1.29 is 9.59 Å². The molecule has 0 fully saturated rings. The van der Waals surface area contributed by atoms with E-state index in [4.69, 9.17) is 11.6 Å². The smallest absolute Gasteiger partial charge is 0.258 e. The van der Waals surface area contributed by atoms with Crippen molar-refractivity contribution in [2.24, 2.45) is 0 Å². The monoisotopic (exact) mass is 469 g/mol. The fourth-order valence-corrected chi connectivity index (χ4v) is 3.98. The molecule has 2 heterocycles. The number of benzene rings is 3. The van der Waals surface area contributed by atoms with Gasteiger partial charge in [0.2, 0.25) is 11.9 Å². The van der Waals surface area contributed by atoms with Crippen molar-refractivity contribution in [1.29, 1.82) is 0 Å². The number of carbonyl (C=O) groups is 2. The first-order valence-electron chi connectivity index (χ1n) is 10.6. The molecule has 0 spiro atoms. The van der Waals surface area contributed by atoms with Crippen LogP contribution in [0.4, 0.5) is 23.0 Å². The van der Waals surface area contributed by atoms with Gasteiger partial charge in [0.05, 0.1) is 17.8 Å². The van der Waals surface area contributed by atoms with Crippen LogP contribution in [0.15, 0.2) is 79.0 Å². The standard InChI is InChI=1S/C26H20ClN5O2/c1-32(20-5-3-2-4-6-20)25(34)16-7-10-19(11-8-16)29-26-28-15-17-13-23(33)30-22-14-18(27)9-12-21(22)24(17)31-26/h2-12,14-15H,13H2,1H3,(H,30,33)(H,28,29,31). The molecule has 2 N–H and O–H groups in total. The van der Waals surface area contributed by atoms with E-state index in [0.29, 0.717) is 27.9 Å². The molecular weight excluding hydrogens is 450 g/mol. The summed E-state index contributed by atoms with van der Waals surface area (Å²) in [5.74, 6) is 0.133. The lowest BCUT2D eigenvalue weighted by Crippen LogP contribution is -2.26. The number of aromatic nitrogens is 2. The SMILES string of the molecule is CN(C(=O)c1ccc(Nc2ncc3c(n2)-c2ccc(Cl)cc2NC(=O)C3)cc1)c1ccccc1. The minimum absolute atomic E-state index is 0.105. The van der Waals surface area contributed by atoms with E-state index < -0.39 is 0 Å². The van der Waals surface area contributed by atoms with Gasteiger partial charge in [0, 0.05) is 46.3 Å². The summed E-state index contributed by atoms with van der Waals surface area (Å²) in [6.07, 6.45) is 1.83. The van der Waals surface area contributed by atoms with Crippen molar-refractivity contribution in [2.45, 2.75) is 6.42 Å². The first-order valence-corrected chi connectivity index (χ1v) is 11.0. The Hall–Kier alpha value is -4.23. The highest BCUT2D eigenvalue weighted by Crippen LogP contribution is 2.34. The van der Waals surface area contributed by atoms with E-state index in [2.05, 4.69) is 20.6 Å². The van der Waals surface area contributed by atoms with Crippen LogP contribution in [0.3, 0.4) is 0 Å². The zero-order valence-electron chi connectivity index (χ0n) is 18.2. The molecule has 0 atom stereocenters. The van der Waals surface area contributed by atoms with Crippen LogP contribution in [-0.4, -0.2) is 28.8 Å². The number of hydrogen-bond acceptors (Lipinski definition) is 5. The molecule has 0 unspecified atom stereocenters. The van der Waals surface area contributed by atoms with Crippen molar-refractivity contribution in [3.8, 4) is 11.3 Å². The van der Waals surface area contributed by atoms with E-state index in [9.17, 15) is 9.59 Å². The number of halogens is 1. The van der Waals surface area contributed by atoms with Gasteiger partial charge in [-0.25, -0.2) is 9.97 Å². The molecular formula is C26H20ClN5O2. The minimum Gasteiger partial charge on any atom is -0.325 e. The summed E-state index contributed by atoms with van der Waals surface area (Å²) in [7, 11) is 1.75. The molecule has 168 valence electrons. The van der Waals surface area contributed by atoms with Crippen molar-refractivity contribution in [2.75, 3.05) is 22.6 Å². The molecule has 1 aliphatic rings. The number of carbonyl (C=O) groups excluding carboxylic acids is 2. The summed E-state index contributed by atoms with van der Waals surface area (Å²) in [6, 6.07) is 21.9. The summed E-state index contributed by atoms with van der Waals surface area (Å²) in [4.78, 5) is 35.7. The Balaban J connectivity index is 1.38. The van der Waals surface area contributed by atoms with Crippen molar-refractivity contribution in [1.82, 2.24) is 9.97 Å². The molecule has 0 bridgehead atoms. The predicted molar refractivity (Wildman–Crippen MR) is 134 cm³/mol. The Morgan fingerprint density at radius 1 is 1.06 bits per heavy atom. The lowest BCUT2D eigenvalue weighted by molar-refractivity contribution is -0.115. The van der Waals surface area contributed by atoms with Gasteiger partial charge >= 0.3 is 0 Å². The fraction of sp³-hybridized carbons (Fsp3) is 0.0769. The van der Waals surface area contributed by atoms with E-state index >= 15 is 0 Å². The van der Waals surface area contributed by atoms with Gasteiger partial charge in [-0.1, -0.05) is 29.8 Å². The maximum absolute atomic E-state index is 12.8. The van der Waals surface area contributed by atoms with Gasteiger partial charge in [0.15, 0.2) is 0 Å². The largest absolute Gasteiger partial charge is 0.325 e. The van der Waals surface area contributed by atoms with Crippen LogP contribution in [0.25, 0.3) is 11.3 Å². The maximum atomic E-state index is 12.8. The normalized spacial score (nSPS) is 12.1. The Labute approximate surface area is 201 Å². The van der Waals surface area contributed by atoms with Gasteiger partial charge < -0.3 is 15.5 Å². The molecule has 4 aromatic rings. The van der Waals surface area contributed by atoms with Crippen LogP contribution < -0.4 is 15.5 Å². The van der Waals surface area contributed by atoms with Gasteiger partial charge in [0.25, 0.3) is 5.91 Å². The number of nitrogens with one attached hydrogen (secondary N) is 2. The van der Waals surface area contributed by atoms with Crippen molar-refractivity contribution in [3.05, 3.63) is 95.1 Å². The highest BCUT2D eigenvalue weighted by atomic mass is 35.5. The van der Waals surface area contributed by atoms with E-state index in [1.807, 2.05) is 36.4 Å². The van der Waals surface area contributed by atoms with E-state index in [1.165, 1.54) is 0 Å². The topological polar surface area (TPSA) is 87.2 Å². The summed E-state index contributed by atoms with van der Waals surface area (Å²) < 4.78 is 0. The lowest BCUT2D eigenvalue weighted by Gasteiger charge is -2.17. The Morgan fingerprint density at radius 3 is 2.59 bits per heavy atom. The number of hydrogen-bond donors (Lipinski definition) is 2. The molecule has 3 aromatic carbocycles. The first kappa shape index (κ1) is 21.6. The van der Waals surface area contributed by atoms with Crippen molar-refractivity contribution >= 4 is 46.4 Å². The van der Waals surface area contributed by atoms with Crippen molar-refractivity contribution in [3.63, 3.8) is 0 Å². The van der Waals surface area contributed by atoms with Crippen LogP contribution in [0.5, 0.6) is 0 Å². The number of anilines is 4. The van der Waals surface area contributed by atoms with E-state index in [0.717, 1.165) is 22.5 Å². The second-order valence-electron chi connectivity index (χ2n) is 7.88. The molecule has 0 aliphatic carbocycles. The second kappa shape index (κ2) is 8.96. The maximum Gasteiger partial charge on any atom is 0.258 e. The molecule has 2 amide bonds. The zero-order chi connectivity index (χ0) is 23.7. The third-order valence-electron chi connectivity index (χ3n) is 5.56. The second-order valence-corrected chi connectivity index (χ2v) is 8.32. The third-order valence-corrected chi connectivity index (χ3v) is 5.80. The van der Waals surface area contributed by atoms with Crippen LogP contribution in [-0.2, 0) is 11.2 Å². The molecule has 0 saturated carbocycles. The third kappa shape index (κ3) is 4.33. The quantitative estimate of drug-likeness (QED) is 0.423. The molecule has 0 radical (unpaired) electrons. The van der Waals surface area contributed by atoms with Gasteiger partial charge in [0.1, 0.15) is 0 Å². The molecule has 1 aliphatic heterocycles. The number of fused-ring (bicyclic) bond motifs is 3. The number of nitrogens with zero attached hydrogens (tertiary/aromatic N) is 3. The Morgan fingerprint density at radius 2 is 1.82 bits per heavy atom. The Bertz CT molecular complexity index is 1390. The first-order chi connectivity index (χ1) is 16.5. The number of amides is 2. The number of rotatable bonds is 4. The summed E-state index contributed by atoms with van der Waals surface area (Å²) in [5, 5.41) is 6.58. The van der Waals surface area contributed by atoms with E-state index in [1.54, 1.807) is 54.5 Å². The average molecular weight is 470 g/mol. The van der Waals surface area contributed by atoms with Gasteiger partial charge in [-0.2, -0.15) is 0 Å². The summed E-state index contributed by atoms with van der Waals surface area (Å²) >= 11 is 6.11. The Kier molecular flexibility index (Phi) is 5.69. The molecule has 1 aromatic heterocycles. The number of para-hydroxylation sites is 1. The lowest BCUT2D eigenvalue weighted by atomic mass is 10.1. The zero-order valence-corrected chi connectivity index (χ0v) is 19.0. The molecule has 0 saturated heterocycles. The average Bonchev–Trinajstić information content (AvgIpc) is 2.98. The van der Waals surface area contributed by atoms with Gasteiger partial charge in [-0.15, -0.1) is 0 Å².